The third kappa shape index (κ3) is 3.86. The van der Waals surface area contributed by atoms with E-state index in [2.05, 4.69) is 5.32 Å². The number of amides is 4. The molecule has 4 amide bonds. The molecule has 0 spiro atoms. The van der Waals surface area contributed by atoms with Crippen molar-refractivity contribution in [2.45, 2.75) is 13.8 Å². The van der Waals surface area contributed by atoms with Crippen LogP contribution in [0.3, 0.4) is 0 Å². The van der Waals surface area contributed by atoms with Gasteiger partial charge in [-0.3, -0.25) is 14.9 Å². The summed E-state index contributed by atoms with van der Waals surface area (Å²) >= 11 is 0. The zero-order valence-corrected chi connectivity index (χ0v) is 16.7. The third-order valence-electron chi connectivity index (χ3n) is 4.71. The molecule has 1 N–H and O–H groups in total. The Balaban J connectivity index is 2.01. The van der Waals surface area contributed by atoms with Gasteiger partial charge >= 0.3 is 6.03 Å². The molecule has 0 aromatic heterocycles. The number of anilines is 1. The number of barbiturate groups is 1. The number of nitrogens with zero attached hydrogens (tertiary/aromatic N) is 2. The van der Waals surface area contributed by atoms with Crippen LogP contribution in [-0.4, -0.2) is 31.6 Å². The fraction of sp³-hybridized carbons (Fsp3) is 0.182. The SMILES string of the molecule is COc1cc(/C=C2/C(=O)NC(=O)N(c3cccc(C)c3C)C2=O)ccc1OCC#N. The van der Waals surface area contributed by atoms with Crippen LogP contribution in [0, 0.1) is 25.2 Å². The minimum absolute atomic E-state index is 0.148. The Bertz CT molecular complexity index is 1110. The van der Waals surface area contributed by atoms with E-state index in [0.29, 0.717) is 22.7 Å². The summed E-state index contributed by atoms with van der Waals surface area (Å²) in [6.07, 6.45) is 1.37. The highest BCUT2D eigenvalue weighted by Gasteiger charge is 2.37. The minimum atomic E-state index is -0.798. The van der Waals surface area contributed by atoms with Gasteiger partial charge in [-0.25, -0.2) is 9.69 Å². The molecular weight excluding hydrogens is 386 g/mol. The maximum Gasteiger partial charge on any atom is 0.335 e. The van der Waals surface area contributed by atoms with Gasteiger partial charge in [0.05, 0.1) is 12.8 Å². The molecule has 8 nitrogen and oxygen atoms in total. The molecule has 1 heterocycles. The minimum Gasteiger partial charge on any atom is -0.493 e. The highest BCUT2D eigenvalue weighted by atomic mass is 16.5. The van der Waals surface area contributed by atoms with Gasteiger partial charge < -0.3 is 9.47 Å². The molecule has 1 aliphatic heterocycles. The topological polar surface area (TPSA) is 109 Å². The fourth-order valence-electron chi connectivity index (χ4n) is 3.02. The molecular formula is C22H19N3O5. The zero-order chi connectivity index (χ0) is 21.8. The Kier molecular flexibility index (Phi) is 5.83. The van der Waals surface area contributed by atoms with Crippen molar-refractivity contribution in [3.8, 4) is 17.6 Å². The van der Waals surface area contributed by atoms with E-state index in [1.165, 1.54) is 13.2 Å². The molecule has 1 aliphatic rings. The van der Waals surface area contributed by atoms with Crippen LogP contribution in [0.15, 0.2) is 42.0 Å². The smallest absolute Gasteiger partial charge is 0.335 e. The predicted molar refractivity (Wildman–Crippen MR) is 109 cm³/mol. The van der Waals surface area contributed by atoms with Crippen molar-refractivity contribution < 1.29 is 23.9 Å². The first kappa shape index (κ1) is 20.6. The summed E-state index contributed by atoms with van der Waals surface area (Å²) in [4.78, 5) is 38.8. The van der Waals surface area contributed by atoms with Crippen LogP contribution in [0.2, 0.25) is 0 Å². The number of aryl methyl sites for hydroxylation is 1. The zero-order valence-electron chi connectivity index (χ0n) is 16.7. The first-order valence-electron chi connectivity index (χ1n) is 9.02. The molecule has 2 aromatic rings. The number of carbonyl (C=O) groups is 3. The van der Waals surface area contributed by atoms with Crippen LogP contribution >= 0.6 is 0 Å². The van der Waals surface area contributed by atoms with Gasteiger partial charge in [0.25, 0.3) is 11.8 Å². The molecule has 0 aliphatic carbocycles. The Hall–Kier alpha value is -4.12. The number of imide groups is 2. The molecule has 0 saturated carbocycles. The standard InChI is InChI=1S/C22H19N3O5/c1-13-5-4-6-17(14(13)2)25-21(27)16(20(26)24-22(25)28)11-15-7-8-18(30-10-9-23)19(12-15)29-3/h4-8,11-12H,10H2,1-3H3,(H,24,26,28)/b16-11-. The van der Waals surface area contributed by atoms with Crippen LogP contribution in [0.25, 0.3) is 6.08 Å². The van der Waals surface area contributed by atoms with Gasteiger partial charge in [0, 0.05) is 0 Å². The second-order valence-corrected chi connectivity index (χ2v) is 6.53. The van der Waals surface area contributed by atoms with Crippen molar-refractivity contribution in [3.05, 3.63) is 58.7 Å². The number of hydrogen-bond acceptors (Lipinski definition) is 6. The van der Waals surface area contributed by atoms with Crippen molar-refractivity contribution in [3.63, 3.8) is 0 Å². The number of nitriles is 1. The average molecular weight is 405 g/mol. The lowest BCUT2D eigenvalue weighted by molar-refractivity contribution is -0.122. The van der Waals surface area contributed by atoms with E-state index in [1.54, 1.807) is 37.3 Å². The summed E-state index contributed by atoms with van der Waals surface area (Å²) < 4.78 is 10.5. The lowest BCUT2D eigenvalue weighted by Crippen LogP contribution is -2.54. The first-order chi connectivity index (χ1) is 14.4. The highest BCUT2D eigenvalue weighted by molar-refractivity contribution is 6.39. The monoisotopic (exact) mass is 405 g/mol. The molecule has 0 unspecified atom stereocenters. The average Bonchev–Trinajstić information content (AvgIpc) is 2.72. The number of nitrogens with one attached hydrogen (secondary N) is 1. The van der Waals surface area contributed by atoms with Crippen LogP contribution in [-0.2, 0) is 9.59 Å². The number of methoxy groups -OCH3 is 1. The predicted octanol–water partition coefficient (Wildman–Crippen LogP) is 2.88. The van der Waals surface area contributed by atoms with E-state index in [4.69, 9.17) is 14.7 Å². The Labute approximate surface area is 173 Å². The van der Waals surface area contributed by atoms with Crippen LogP contribution in [0.1, 0.15) is 16.7 Å². The third-order valence-corrected chi connectivity index (χ3v) is 4.71. The maximum atomic E-state index is 13.1. The number of hydrogen-bond donors (Lipinski definition) is 1. The maximum absolute atomic E-state index is 13.1. The molecule has 3 rings (SSSR count). The molecule has 0 radical (unpaired) electrons. The summed E-state index contributed by atoms with van der Waals surface area (Å²) in [5, 5.41) is 10.9. The van der Waals surface area contributed by atoms with Gasteiger partial charge in [0.15, 0.2) is 18.1 Å². The largest absolute Gasteiger partial charge is 0.493 e. The second-order valence-electron chi connectivity index (χ2n) is 6.53. The van der Waals surface area contributed by atoms with Crippen molar-refractivity contribution in [1.82, 2.24) is 5.32 Å². The number of urea groups is 1. The summed E-state index contributed by atoms with van der Waals surface area (Å²) in [5.74, 6) is -0.810. The normalized spacial score (nSPS) is 15.1. The summed E-state index contributed by atoms with van der Waals surface area (Å²) in [6.45, 7) is 3.52. The molecule has 2 aromatic carbocycles. The second kappa shape index (κ2) is 8.49. The molecule has 8 heteroatoms. The Morgan fingerprint density at radius 3 is 2.60 bits per heavy atom. The van der Waals surface area contributed by atoms with E-state index >= 15 is 0 Å². The number of carbonyl (C=O) groups excluding carboxylic acids is 3. The van der Waals surface area contributed by atoms with Crippen molar-refractivity contribution >= 4 is 29.6 Å². The quantitative estimate of drug-likeness (QED) is 0.605. The number of benzene rings is 2. The lowest BCUT2D eigenvalue weighted by atomic mass is 10.0. The van der Waals surface area contributed by atoms with E-state index in [-0.39, 0.29) is 12.2 Å². The molecule has 1 saturated heterocycles. The molecule has 0 atom stereocenters. The van der Waals surface area contributed by atoms with Gasteiger partial charge in [-0.2, -0.15) is 5.26 Å². The van der Waals surface area contributed by atoms with Crippen molar-refractivity contribution in [2.75, 3.05) is 18.6 Å². The van der Waals surface area contributed by atoms with Crippen molar-refractivity contribution in [1.29, 1.82) is 5.26 Å². The van der Waals surface area contributed by atoms with Gasteiger partial charge in [-0.1, -0.05) is 18.2 Å². The first-order valence-corrected chi connectivity index (χ1v) is 9.02. The summed E-state index contributed by atoms with van der Waals surface area (Å²) in [5.41, 5.74) is 2.38. The molecule has 30 heavy (non-hydrogen) atoms. The van der Waals surface area contributed by atoms with E-state index in [1.807, 2.05) is 19.1 Å². The molecule has 152 valence electrons. The van der Waals surface area contributed by atoms with E-state index in [9.17, 15) is 14.4 Å². The number of rotatable bonds is 5. The van der Waals surface area contributed by atoms with Crippen LogP contribution in [0.5, 0.6) is 11.5 Å². The van der Waals surface area contributed by atoms with Crippen molar-refractivity contribution in [2.24, 2.45) is 0 Å². The Morgan fingerprint density at radius 2 is 1.90 bits per heavy atom. The molecule has 1 fully saturated rings. The summed E-state index contributed by atoms with van der Waals surface area (Å²) in [6, 6.07) is 11.1. The van der Waals surface area contributed by atoms with Gasteiger partial charge in [0.1, 0.15) is 11.6 Å². The van der Waals surface area contributed by atoms with Crippen LogP contribution < -0.4 is 19.7 Å². The summed E-state index contributed by atoms with van der Waals surface area (Å²) in [7, 11) is 1.44. The fourth-order valence-corrected chi connectivity index (χ4v) is 3.02. The highest BCUT2D eigenvalue weighted by Crippen LogP contribution is 2.30. The van der Waals surface area contributed by atoms with Gasteiger partial charge in [-0.05, 0) is 54.8 Å². The number of ether oxygens (including phenoxy) is 2. The van der Waals surface area contributed by atoms with Gasteiger partial charge in [0.2, 0.25) is 0 Å². The van der Waals surface area contributed by atoms with Crippen LogP contribution in [0.4, 0.5) is 10.5 Å². The molecule has 0 bridgehead atoms. The Morgan fingerprint density at radius 1 is 1.13 bits per heavy atom. The van der Waals surface area contributed by atoms with E-state index < -0.39 is 17.8 Å². The van der Waals surface area contributed by atoms with E-state index in [0.717, 1.165) is 16.0 Å². The lowest BCUT2D eigenvalue weighted by Gasteiger charge is -2.28. The van der Waals surface area contributed by atoms with Gasteiger partial charge in [-0.15, -0.1) is 0 Å².